The van der Waals surface area contributed by atoms with E-state index in [0.29, 0.717) is 0 Å². The molecule has 0 atom stereocenters. The highest BCUT2D eigenvalue weighted by Gasteiger charge is -0.292. The Bertz CT molecular complexity index is 0. The van der Waals surface area contributed by atoms with Crippen LogP contribution < -0.4 is 0 Å². The summed E-state index contributed by atoms with van der Waals surface area (Å²) < 4.78 is 0. The molecule has 0 aliphatic rings. The lowest BCUT2D eigenvalue weighted by molar-refractivity contribution is 0.823. The fourth-order valence-electron chi connectivity index (χ4n) is 0. The second kappa shape index (κ2) is 64100. The fraction of sp³-hybridized carbons (Fsp3) is 0. The molecule has 242 N–H and O–H groups in total. The summed E-state index contributed by atoms with van der Waals surface area (Å²) in [4.78, 5) is 0. The van der Waals surface area contributed by atoms with Crippen molar-refractivity contribution in [1.82, 2.24) is 0 Å². The zero-order chi connectivity index (χ0) is 0. The highest BCUT2D eigenvalue weighted by atomic mass is 16.1. The quantitative estimate of drug-likeness (QED) is 0.218. The Morgan fingerprint density at radius 3 is 0.00826 bits per heavy atom. The van der Waals surface area contributed by atoms with Gasteiger partial charge >= 0.3 is 0 Å². The molecular weight excluding hydrogens is 1940 g/mol. The predicted octanol–water partition coefficient (Wildman–Crippen LogP) is -99.8. The van der Waals surface area contributed by atoms with Gasteiger partial charge in [-0.05, 0) is 0 Å². The molecule has 0 unspecified atom stereocenters. The third-order valence-corrected chi connectivity index (χ3v) is 0. The first kappa shape index (κ1) is 65800. The van der Waals surface area contributed by atoms with Crippen molar-refractivity contribution in [3.8, 4) is 0 Å². The van der Waals surface area contributed by atoms with Crippen LogP contribution in [0.25, 0.3) is 0 Å². The molecule has 0 aromatic carbocycles. The van der Waals surface area contributed by atoms with Crippen molar-refractivity contribution in [3.05, 3.63) is 0 Å². The summed E-state index contributed by atoms with van der Waals surface area (Å²) in [6.45, 7) is 0. The van der Waals surface area contributed by atoms with Crippen LogP contribution in [0.4, 0.5) is 0 Å². The average Bonchev–Trinajstić information content (AvgIpc) is 0. The number of hydrogen-bond donors (Lipinski definition) is 0. The van der Waals surface area contributed by atoms with Crippen molar-refractivity contribution in [2.75, 3.05) is 0 Å². The largest absolute Gasteiger partial charge is 0.412 e. The Morgan fingerprint density at radius 2 is 0.00826 bits per heavy atom. The highest BCUT2D eigenvalue weighted by Crippen LogP contribution is -0.169. The third-order valence-electron chi connectivity index (χ3n) is 0. The molecule has 0 aromatic rings. The van der Waals surface area contributed by atoms with Crippen molar-refractivity contribution in [1.29, 1.82) is 0 Å². The van der Waals surface area contributed by atoms with Gasteiger partial charge in [-0.3, -0.25) is 0 Å². The molecule has 0 aliphatic carbocycles. The SMILES string of the molecule is O.O.O.O.O.O.O.O.O.O.O.O.O.O.O.O.O.O.O.O.O.O.O.O.O.O.O.O.O.O.O.O.O.O.O.O.O.O.O.O.O.O.O.O.O.O.O.O.O.O.O.O.O.O.O.O.O.O.O.O.O.O.O.O.O.O.O.O.O.O.O.O.O.O.O.O.O.O.O.O.O.O.O.O.O.O.O.O.O.O.O.O.O.O.O.O.O.O.O.O.O.O.O.O.O.O.O.O.O.O.O.O.O.O.O.O.O.O.O.O.O. The van der Waals surface area contributed by atoms with Gasteiger partial charge in [0.1, 0.15) is 0 Å². The monoisotopic (exact) mass is 2180 g/mol. The van der Waals surface area contributed by atoms with Gasteiger partial charge in [0, 0.05) is 0 Å². The first-order valence-corrected chi connectivity index (χ1v) is 0. The van der Waals surface area contributed by atoms with E-state index < -0.39 is 0 Å². The second-order valence-corrected chi connectivity index (χ2v) is 0. The first-order chi connectivity index (χ1) is 0. The Hall–Kier alpha value is -4.84. The van der Waals surface area contributed by atoms with Crippen molar-refractivity contribution in [2.45, 2.75) is 0 Å². The lowest BCUT2D eigenvalue weighted by atomic mass is 16.0. The smallest absolute Gasteiger partial charge is 0.412 e. The maximum absolute atomic E-state index is 0. The summed E-state index contributed by atoms with van der Waals surface area (Å²) in [5.74, 6) is 0. The molecule has 0 spiro atoms. The van der Waals surface area contributed by atoms with E-state index in [9.17, 15) is 0 Å². The van der Waals surface area contributed by atoms with Crippen LogP contribution >= 0.6 is 0 Å². The fourth-order valence-corrected chi connectivity index (χ4v) is 0. The standard InChI is InChI=1S/121H2O/h121*1H2. The predicted molar refractivity (Wildman–Crippen MR) is 437 cm³/mol. The second-order valence-electron chi connectivity index (χ2n) is 0. The summed E-state index contributed by atoms with van der Waals surface area (Å²) in [6, 6.07) is 0. The minimum atomic E-state index is 0. The van der Waals surface area contributed by atoms with Crippen LogP contribution in [0.5, 0.6) is 0 Å². The summed E-state index contributed by atoms with van der Waals surface area (Å²) in [5.41, 5.74) is 0. The summed E-state index contributed by atoms with van der Waals surface area (Å²) in [5, 5.41) is 0. The van der Waals surface area contributed by atoms with E-state index in [0.717, 1.165) is 0 Å². The topological polar surface area (TPSA) is 3810 Å². The zero-order valence-corrected chi connectivity index (χ0v) is 60.5. The molecule has 121 nitrogen and oxygen atoms in total. The van der Waals surface area contributed by atoms with Crippen LogP contribution in [0.15, 0.2) is 0 Å². The van der Waals surface area contributed by atoms with Crippen molar-refractivity contribution in [3.63, 3.8) is 0 Å². The third kappa shape index (κ3) is 63000. The molecule has 0 aromatic heterocycles. The van der Waals surface area contributed by atoms with Gasteiger partial charge in [-0.1, -0.05) is 0 Å². The number of hydrogen-bond acceptors (Lipinski definition) is 0. The van der Waals surface area contributed by atoms with Gasteiger partial charge in [0.2, 0.25) is 0 Å². The van der Waals surface area contributed by atoms with Gasteiger partial charge in [-0.15, -0.1) is 0 Å². The van der Waals surface area contributed by atoms with Crippen LogP contribution in [0, 0.1) is 0 Å². The lowest BCUT2D eigenvalue weighted by Gasteiger charge is -0.413. The summed E-state index contributed by atoms with van der Waals surface area (Å²) >= 11 is 0. The molecule has 121 heavy (non-hydrogen) atoms. The van der Waals surface area contributed by atoms with Crippen LogP contribution in [-0.2, 0) is 0 Å². The molecule has 0 radical (unpaired) electrons. The molecule has 0 bridgehead atoms. The van der Waals surface area contributed by atoms with Crippen molar-refractivity contribution < 1.29 is 663 Å². The Kier molecular flexibility index (Phi) is 34800000. The summed E-state index contributed by atoms with van der Waals surface area (Å²) in [6.07, 6.45) is 0. The van der Waals surface area contributed by atoms with E-state index in [1.54, 1.807) is 0 Å². The lowest BCUT2D eigenvalue weighted by Crippen LogP contribution is -0.290. The van der Waals surface area contributed by atoms with E-state index in [1.165, 1.54) is 0 Å². The van der Waals surface area contributed by atoms with Gasteiger partial charge in [-0.25, -0.2) is 0 Å². The van der Waals surface area contributed by atoms with E-state index >= 15 is 0 Å². The maximum atomic E-state index is 0. The Labute approximate surface area is 665 Å². The molecule has 0 aliphatic heterocycles. The van der Waals surface area contributed by atoms with Gasteiger partial charge in [0.05, 0.1) is 0 Å². The Morgan fingerprint density at radius 1 is 0.00826 bits per heavy atom. The van der Waals surface area contributed by atoms with Crippen LogP contribution in [0.1, 0.15) is 0 Å². The van der Waals surface area contributed by atoms with Gasteiger partial charge in [0.15, 0.2) is 0 Å². The molecule has 968 valence electrons. The molecular formula is H242O121. The van der Waals surface area contributed by atoms with Crippen molar-refractivity contribution >= 4 is 0 Å². The van der Waals surface area contributed by atoms with Crippen LogP contribution in [-0.4, -0.2) is 663 Å². The normalized spacial score (nSPS) is 0. The van der Waals surface area contributed by atoms with Gasteiger partial charge in [-0.2, -0.15) is 0 Å². The highest BCUT2D eigenvalue weighted by molar-refractivity contribution is 0.944. The van der Waals surface area contributed by atoms with E-state index in [4.69, 9.17) is 0 Å². The van der Waals surface area contributed by atoms with E-state index in [-0.39, 0.29) is 663 Å². The molecule has 0 rings (SSSR count). The molecule has 0 saturated carbocycles. The number of rotatable bonds is 0. The molecule has 0 fully saturated rings. The average molecular weight is 2180 g/mol. The first-order valence-electron chi connectivity index (χ1n) is 0. The summed E-state index contributed by atoms with van der Waals surface area (Å²) in [7, 11) is 0. The Balaban J connectivity index is 0. The molecule has 121 heteroatoms. The molecule has 0 amide bonds. The zero-order valence-electron chi connectivity index (χ0n) is 60.5. The maximum Gasteiger partial charge on any atom is -0.412 e. The minimum Gasteiger partial charge on any atom is -0.412 e. The van der Waals surface area contributed by atoms with E-state index in [1.807, 2.05) is 0 Å². The van der Waals surface area contributed by atoms with Gasteiger partial charge in [0.25, 0.3) is 0 Å². The molecule has 0 saturated heterocycles. The van der Waals surface area contributed by atoms with Crippen molar-refractivity contribution in [2.24, 2.45) is 0 Å². The van der Waals surface area contributed by atoms with Crippen LogP contribution in [0.3, 0.4) is 0 Å². The van der Waals surface area contributed by atoms with Gasteiger partial charge < -0.3 is 663 Å². The minimum absolute atomic E-state index is 0. The molecule has 0 heterocycles. The van der Waals surface area contributed by atoms with Crippen LogP contribution in [0.2, 0.25) is 0 Å². The van der Waals surface area contributed by atoms with E-state index in [2.05, 4.69) is 0 Å².